The van der Waals surface area contributed by atoms with Crippen LogP contribution in [0, 0.1) is 0 Å². The van der Waals surface area contributed by atoms with Crippen LogP contribution in [0.15, 0.2) is 66.7 Å². The Morgan fingerprint density at radius 2 is 1.04 bits per heavy atom. The lowest BCUT2D eigenvalue weighted by molar-refractivity contribution is 0.0979. The van der Waals surface area contributed by atoms with Crippen LogP contribution < -0.4 is 0 Å². The molecule has 124 valence electrons. The van der Waals surface area contributed by atoms with E-state index < -0.39 is 0 Å². The van der Waals surface area contributed by atoms with Crippen molar-refractivity contribution in [1.82, 2.24) is 0 Å². The van der Waals surface area contributed by atoms with Gasteiger partial charge in [0.15, 0.2) is 11.6 Å². The van der Waals surface area contributed by atoms with Gasteiger partial charge in [-0.3, -0.25) is 9.59 Å². The summed E-state index contributed by atoms with van der Waals surface area (Å²) in [6.45, 7) is -0.0608. The lowest BCUT2D eigenvalue weighted by atomic mass is 9.81. The molecule has 0 aliphatic heterocycles. The second-order valence-electron chi connectivity index (χ2n) is 6.64. The van der Waals surface area contributed by atoms with Crippen molar-refractivity contribution in [3.8, 4) is 0 Å². The van der Waals surface area contributed by atoms with Crippen LogP contribution in [-0.4, -0.2) is 16.7 Å². The number of ketones is 2. The molecule has 3 nitrogen and oxygen atoms in total. The Kier molecular flexibility index (Phi) is 3.08. The van der Waals surface area contributed by atoms with Gasteiger partial charge in [-0.1, -0.05) is 36.4 Å². The number of hydrogen-bond donors (Lipinski definition) is 1. The van der Waals surface area contributed by atoms with E-state index in [2.05, 4.69) is 0 Å². The first kappa shape index (κ1) is 15.0. The number of benzene rings is 4. The molecular weight excluding hydrogens is 324 g/mol. The number of carbonyl (C=O) groups excluding carboxylic acids is 2. The molecule has 0 bridgehead atoms. The van der Waals surface area contributed by atoms with Crippen molar-refractivity contribution < 1.29 is 14.7 Å². The maximum absolute atomic E-state index is 13.1. The molecule has 0 amide bonds. The van der Waals surface area contributed by atoms with E-state index in [0.29, 0.717) is 22.3 Å². The van der Waals surface area contributed by atoms with E-state index in [1.54, 1.807) is 12.1 Å². The van der Waals surface area contributed by atoms with E-state index in [4.69, 9.17) is 0 Å². The highest BCUT2D eigenvalue weighted by molar-refractivity contribution is 6.30. The number of hydrogen-bond acceptors (Lipinski definition) is 3. The summed E-state index contributed by atoms with van der Waals surface area (Å²) in [7, 11) is 0. The molecule has 3 heteroatoms. The summed E-state index contributed by atoms with van der Waals surface area (Å²) in [5, 5.41) is 13.0. The molecule has 1 aliphatic rings. The van der Waals surface area contributed by atoms with Crippen LogP contribution in [0.2, 0.25) is 0 Å². The fraction of sp³-hybridized carbons (Fsp3) is 0.0435. The molecule has 0 saturated heterocycles. The highest BCUT2D eigenvalue weighted by Gasteiger charge is 2.30. The third kappa shape index (κ3) is 2.04. The summed E-state index contributed by atoms with van der Waals surface area (Å²) in [6.07, 6.45) is 0. The number of carbonyl (C=O) groups is 2. The van der Waals surface area contributed by atoms with Crippen molar-refractivity contribution in [2.75, 3.05) is 0 Å². The summed E-state index contributed by atoms with van der Waals surface area (Å²) in [5.74, 6) is -0.245. The van der Waals surface area contributed by atoms with E-state index in [9.17, 15) is 14.7 Å². The van der Waals surface area contributed by atoms with Crippen molar-refractivity contribution in [3.05, 3.63) is 94.5 Å². The second kappa shape index (κ2) is 5.35. The minimum Gasteiger partial charge on any atom is -0.392 e. The Morgan fingerprint density at radius 1 is 0.577 bits per heavy atom. The average Bonchev–Trinajstić information content (AvgIpc) is 2.69. The molecule has 0 aromatic heterocycles. The first-order valence-corrected chi connectivity index (χ1v) is 8.45. The largest absolute Gasteiger partial charge is 0.392 e. The molecular formula is C23H14O3. The lowest BCUT2D eigenvalue weighted by Crippen LogP contribution is -2.20. The van der Waals surface area contributed by atoms with Gasteiger partial charge >= 0.3 is 0 Å². The zero-order valence-corrected chi connectivity index (χ0v) is 13.8. The molecule has 4 aromatic carbocycles. The minimum absolute atomic E-state index is 0.0608. The second-order valence-corrected chi connectivity index (χ2v) is 6.64. The fourth-order valence-corrected chi connectivity index (χ4v) is 3.73. The predicted octanol–water partition coefficient (Wildman–Crippen LogP) is 4.26. The van der Waals surface area contributed by atoms with Crippen LogP contribution in [0.25, 0.3) is 21.5 Å². The van der Waals surface area contributed by atoms with E-state index in [0.717, 1.165) is 27.1 Å². The van der Waals surface area contributed by atoms with Crippen LogP contribution in [0.3, 0.4) is 0 Å². The van der Waals surface area contributed by atoms with Gasteiger partial charge in [0.2, 0.25) is 0 Å². The molecule has 26 heavy (non-hydrogen) atoms. The number of rotatable bonds is 1. The zero-order valence-electron chi connectivity index (χ0n) is 13.8. The summed E-state index contributed by atoms with van der Waals surface area (Å²) in [4.78, 5) is 26.2. The molecule has 1 aliphatic carbocycles. The van der Waals surface area contributed by atoms with Crippen LogP contribution in [-0.2, 0) is 6.61 Å². The van der Waals surface area contributed by atoms with Crippen molar-refractivity contribution in [3.63, 3.8) is 0 Å². The minimum atomic E-state index is -0.128. The summed E-state index contributed by atoms with van der Waals surface area (Å²) in [6, 6.07) is 20.4. The Bertz CT molecular complexity index is 1250. The Hall–Kier alpha value is -3.30. The van der Waals surface area contributed by atoms with Crippen molar-refractivity contribution in [1.29, 1.82) is 0 Å². The van der Waals surface area contributed by atoms with Crippen LogP contribution in [0.4, 0.5) is 0 Å². The molecule has 0 spiro atoms. The van der Waals surface area contributed by atoms with Gasteiger partial charge in [-0.2, -0.15) is 0 Å². The lowest BCUT2D eigenvalue weighted by Gasteiger charge is -2.19. The van der Waals surface area contributed by atoms with Gasteiger partial charge in [-0.25, -0.2) is 0 Å². The molecule has 0 unspecified atom stereocenters. The topological polar surface area (TPSA) is 54.4 Å². The zero-order chi connectivity index (χ0) is 17.8. The summed E-state index contributed by atoms with van der Waals surface area (Å²) in [5.41, 5.74) is 2.58. The molecule has 0 heterocycles. The third-order valence-corrected chi connectivity index (χ3v) is 5.09. The van der Waals surface area contributed by atoms with Crippen molar-refractivity contribution in [2.45, 2.75) is 6.61 Å². The highest BCUT2D eigenvalue weighted by atomic mass is 16.3. The van der Waals surface area contributed by atoms with Gasteiger partial charge in [-0.05, 0) is 57.4 Å². The molecule has 0 radical (unpaired) electrons. The van der Waals surface area contributed by atoms with E-state index in [1.807, 2.05) is 54.6 Å². The van der Waals surface area contributed by atoms with E-state index >= 15 is 0 Å². The maximum atomic E-state index is 13.1. The van der Waals surface area contributed by atoms with Crippen molar-refractivity contribution in [2.24, 2.45) is 0 Å². The number of aliphatic hydroxyl groups excluding tert-OH is 1. The van der Waals surface area contributed by atoms with E-state index in [-0.39, 0.29) is 18.2 Å². The summed E-state index contributed by atoms with van der Waals surface area (Å²) < 4.78 is 0. The SMILES string of the molecule is O=C1c2cc3ccccc3cc2C(=O)c2cc3cc(CO)ccc3cc21. The summed E-state index contributed by atoms with van der Waals surface area (Å²) >= 11 is 0. The third-order valence-electron chi connectivity index (χ3n) is 5.09. The van der Waals surface area contributed by atoms with E-state index in [1.165, 1.54) is 0 Å². The standard InChI is InChI=1S/C23H14O3/c24-12-13-5-6-16-10-20-21(11-17(16)7-13)23(26)19-9-15-4-2-1-3-14(15)8-18(19)22(20)25/h1-11,24H,12H2. The van der Waals surface area contributed by atoms with Crippen LogP contribution in [0.5, 0.6) is 0 Å². The van der Waals surface area contributed by atoms with Gasteiger partial charge in [0, 0.05) is 22.3 Å². The monoisotopic (exact) mass is 338 g/mol. The first-order chi connectivity index (χ1) is 12.7. The first-order valence-electron chi connectivity index (χ1n) is 8.45. The molecule has 0 atom stereocenters. The highest BCUT2D eigenvalue weighted by Crippen LogP contribution is 2.33. The molecule has 4 aromatic rings. The average molecular weight is 338 g/mol. The molecule has 0 saturated carbocycles. The van der Waals surface area contributed by atoms with Crippen LogP contribution >= 0.6 is 0 Å². The van der Waals surface area contributed by atoms with Crippen molar-refractivity contribution >= 4 is 33.1 Å². The smallest absolute Gasteiger partial charge is 0.194 e. The normalized spacial score (nSPS) is 13.1. The van der Waals surface area contributed by atoms with Gasteiger partial charge in [-0.15, -0.1) is 0 Å². The van der Waals surface area contributed by atoms with Gasteiger partial charge < -0.3 is 5.11 Å². The Labute approximate surface area is 149 Å². The Morgan fingerprint density at radius 3 is 1.54 bits per heavy atom. The maximum Gasteiger partial charge on any atom is 0.194 e. The number of fused-ring (bicyclic) bond motifs is 4. The number of aliphatic hydroxyl groups is 1. The fourth-order valence-electron chi connectivity index (χ4n) is 3.73. The van der Waals surface area contributed by atoms with Gasteiger partial charge in [0.05, 0.1) is 6.61 Å². The molecule has 1 N–H and O–H groups in total. The quantitative estimate of drug-likeness (QED) is 0.497. The molecule has 5 rings (SSSR count). The predicted molar refractivity (Wildman–Crippen MR) is 101 cm³/mol. The van der Waals surface area contributed by atoms with Gasteiger partial charge in [0.25, 0.3) is 0 Å². The molecule has 0 fully saturated rings. The van der Waals surface area contributed by atoms with Crippen LogP contribution in [0.1, 0.15) is 37.4 Å². The van der Waals surface area contributed by atoms with Gasteiger partial charge in [0.1, 0.15) is 0 Å². The Balaban J connectivity index is 1.79.